The van der Waals surface area contributed by atoms with E-state index in [-0.39, 0.29) is 17.8 Å². The molecule has 3 aromatic rings. The van der Waals surface area contributed by atoms with Crippen LogP contribution in [-0.2, 0) is 17.9 Å². The summed E-state index contributed by atoms with van der Waals surface area (Å²) in [6, 6.07) is 22.5. The van der Waals surface area contributed by atoms with Crippen molar-refractivity contribution in [3.63, 3.8) is 0 Å². The van der Waals surface area contributed by atoms with Gasteiger partial charge in [0.15, 0.2) is 0 Å². The van der Waals surface area contributed by atoms with Crippen LogP contribution in [0.25, 0.3) is 6.08 Å². The summed E-state index contributed by atoms with van der Waals surface area (Å²) < 4.78 is 19.6. The summed E-state index contributed by atoms with van der Waals surface area (Å²) in [6.45, 7) is 0.335. The molecule has 0 aromatic heterocycles. The van der Waals surface area contributed by atoms with Crippen LogP contribution in [-0.4, -0.2) is 16.8 Å². The predicted molar refractivity (Wildman–Crippen MR) is 111 cm³/mol. The Labute approximate surface area is 173 Å². The topological polar surface area (TPSA) is 58.6 Å². The lowest BCUT2D eigenvalue weighted by molar-refractivity contribution is -0.123. The number of hydrogen-bond acceptors (Lipinski definition) is 3. The van der Waals surface area contributed by atoms with E-state index in [9.17, 15) is 14.0 Å². The molecule has 1 saturated heterocycles. The summed E-state index contributed by atoms with van der Waals surface area (Å²) in [5.74, 6) is -0.252. The van der Waals surface area contributed by atoms with E-state index in [1.54, 1.807) is 48.5 Å². The summed E-state index contributed by atoms with van der Waals surface area (Å²) in [7, 11) is 0. The van der Waals surface area contributed by atoms with Crippen molar-refractivity contribution in [2.75, 3.05) is 0 Å². The maximum Gasteiger partial charge on any atom is 0.329 e. The maximum atomic E-state index is 13.9. The minimum Gasteiger partial charge on any atom is -0.489 e. The highest BCUT2D eigenvalue weighted by molar-refractivity contribution is 6.13. The van der Waals surface area contributed by atoms with Gasteiger partial charge in [-0.05, 0) is 35.4 Å². The average Bonchev–Trinajstić information content (AvgIpc) is 3.03. The van der Waals surface area contributed by atoms with E-state index in [0.717, 1.165) is 16.0 Å². The van der Waals surface area contributed by atoms with Gasteiger partial charge in [0.25, 0.3) is 5.91 Å². The van der Waals surface area contributed by atoms with Crippen LogP contribution in [0.15, 0.2) is 84.6 Å². The predicted octanol–water partition coefficient (Wildman–Crippen LogP) is 4.50. The molecule has 0 bridgehead atoms. The SMILES string of the molecule is O=C1N/C(=C/c2ccc(OCc3ccccc3)cc2)C(=O)N1Cc1ccccc1F. The molecule has 6 heteroatoms. The van der Waals surface area contributed by atoms with Gasteiger partial charge < -0.3 is 10.1 Å². The Balaban J connectivity index is 1.42. The van der Waals surface area contributed by atoms with Crippen molar-refractivity contribution in [3.05, 3.63) is 107 Å². The van der Waals surface area contributed by atoms with Crippen LogP contribution >= 0.6 is 0 Å². The average molecular weight is 402 g/mol. The minimum absolute atomic E-state index is 0.124. The van der Waals surface area contributed by atoms with E-state index in [0.29, 0.717) is 12.4 Å². The van der Waals surface area contributed by atoms with Gasteiger partial charge in [0.2, 0.25) is 0 Å². The van der Waals surface area contributed by atoms with Gasteiger partial charge in [-0.15, -0.1) is 0 Å². The largest absolute Gasteiger partial charge is 0.489 e. The van der Waals surface area contributed by atoms with E-state index < -0.39 is 17.8 Å². The first-order valence-electron chi connectivity index (χ1n) is 9.45. The Kier molecular flexibility index (Phi) is 5.57. The molecule has 3 aromatic carbocycles. The van der Waals surface area contributed by atoms with Gasteiger partial charge in [0.05, 0.1) is 6.54 Å². The number of imide groups is 1. The van der Waals surface area contributed by atoms with Crippen molar-refractivity contribution in [2.24, 2.45) is 0 Å². The number of carbonyl (C=O) groups excluding carboxylic acids is 2. The number of halogens is 1. The van der Waals surface area contributed by atoms with Crippen molar-refractivity contribution in [1.29, 1.82) is 0 Å². The second-order valence-corrected chi connectivity index (χ2v) is 6.81. The number of carbonyl (C=O) groups is 2. The molecule has 1 aliphatic rings. The Bertz CT molecular complexity index is 1090. The molecule has 3 amide bonds. The molecule has 1 heterocycles. The lowest BCUT2D eigenvalue weighted by atomic mass is 10.1. The smallest absolute Gasteiger partial charge is 0.329 e. The van der Waals surface area contributed by atoms with Gasteiger partial charge in [-0.3, -0.25) is 9.69 Å². The quantitative estimate of drug-likeness (QED) is 0.488. The summed E-state index contributed by atoms with van der Waals surface area (Å²) in [5, 5.41) is 2.55. The van der Waals surface area contributed by atoms with Crippen molar-refractivity contribution >= 4 is 18.0 Å². The maximum absolute atomic E-state index is 13.9. The van der Waals surface area contributed by atoms with Gasteiger partial charge in [0.1, 0.15) is 23.9 Å². The lowest BCUT2D eigenvalue weighted by Crippen LogP contribution is -2.30. The second kappa shape index (κ2) is 8.61. The third-order valence-corrected chi connectivity index (χ3v) is 4.69. The molecule has 0 radical (unpaired) electrons. The lowest BCUT2D eigenvalue weighted by Gasteiger charge is -2.12. The summed E-state index contributed by atoms with van der Waals surface area (Å²) >= 11 is 0. The van der Waals surface area contributed by atoms with Crippen LogP contribution in [0, 0.1) is 5.82 Å². The van der Waals surface area contributed by atoms with Crippen LogP contribution < -0.4 is 10.1 Å². The monoisotopic (exact) mass is 402 g/mol. The van der Waals surface area contributed by atoms with E-state index in [1.165, 1.54) is 6.07 Å². The number of hydrogen-bond donors (Lipinski definition) is 1. The molecule has 1 N–H and O–H groups in total. The molecule has 150 valence electrons. The van der Waals surface area contributed by atoms with Crippen molar-refractivity contribution < 1.29 is 18.7 Å². The zero-order chi connectivity index (χ0) is 20.9. The normalized spacial score (nSPS) is 14.8. The fraction of sp³-hybridized carbons (Fsp3) is 0.0833. The standard InChI is InChI=1S/C24H19FN2O3/c25-21-9-5-4-8-19(21)15-27-23(28)22(26-24(27)29)14-17-10-12-20(13-11-17)30-16-18-6-2-1-3-7-18/h1-14H,15-16H2,(H,26,29)/b22-14+. The molecule has 5 nitrogen and oxygen atoms in total. The molecule has 1 aliphatic heterocycles. The third kappa shape index (κ3) is 4.38. The van der Waals surface area contributed by atoms with Crippen LogP contribution in [0.5, 0.6) is 5.75 Å². The van der Waals surface area contributed by atoms with Crippen LogP contribution in [0.3, 0.4) is 0 Å². The molecular weight excluding hydrogens is 383 g/mol. The number of nitrogens with zero attached hydrogens (tertiary/aromatic N) is 1. The molecule has 0 spiro atoms. The number of amides is 3. The second-order valence-electron chi connectivity index (χ2n) is 6.81. The third-order valence-electron chi connectivity index (χ3n) is 4.69. The fourth-order valence-corrected chi connectivity index (χ4v) is 3.08. The van der Waals surface area contributed by atoms with Crippen LogP contribution in [0.4, 0.5) is 9.18 Å². The number of rotatable bonds is 6. The Morgan fingerprint density at radius 3 is 2.33 bits per heavy atom. The summed E-state index contributed by atoms with van der Waals surface area (Å²) in [4.78, 5) is 25.8. The van der Waals surface area contributed by atoms with E-state index in [4.69, 9.17) is 4.74 Å². The van der Waals surface area contributed by atoms with Gasteiger partial charge in [-0.1, -0.05) is 60.7 Å². The van der Waals surface area contributed by atoms with Gasteiger partial charge in [0, 0.05) is 5.56 Å². The number of ether oxygens (including phenoxy) is 1. The molecule has 0 aliphatic carbocycles. The molecule has 0 saturated carbocycles. The summed E-state index contributed by atoms with van der Waals surface area (Å²) in [6.07, 6.45) is 1.59. The first-order chi connectivity index (χ1) is 14.6. The van der Waals surface area contributed by atoms with E-state index in [1.807, 2.05) is 30.3 Å². The molecule has 1 fully saturated rings. The Morgan fingerprint density at radius 2 is 1.60 bits per heavy atom. The summed E-state index contributed by atoms with van der Waals surface area (Å²) in [5.41, 5.74) is 2.23. The van der Waals surface area contributed by atoms with E-state index in [2.05, 4.69) is 5.32 Å². The highest BCUT2D eigenvalue weighted by atomic mass is 19.1. The first kappa shape index (κ1) is 19.4. The van der Waals surface area contributed by atoms with Gasteiger partial charge in [-0.2, -0.15) is 0 Å². The molecular formula is C24H19FN2O3. The van der Waals surface area contributed by atoms with Gasteiger partial charge in [-0.25, -0.2) is 9.18 Å². The van der Waals surface area contributed by atoms with E-state index >= 15 is 0 Å². The molecule has 0 unspecified atom stereocenters. The minimum atomic E-state index is -0.572. The molecule has 30 heavy (non-hydrogen) atoms. The van der Waals surface area contributed by atoms with Gasteiger partial charge >= 0.3 is 6.03 Å². The van der Waals surface area contributed by atoms with Crippen molar-refractivity contribution in [1.82, 2.24) is 10.2 Å². The zero-order valence-corrected chi connectivity index (χ0v) is 16.0. The van der Waals surface area contributed by atoms with Crippen molar-refractivity contribution in [2.45, 2.75) is 13.2 Å². The Morgan fingerprint density at radius 1 is 0.900 bits per heavy atom. The molecule has 4 rings (SSSR count). The highest BCUT2D eigenvalue weighted by Gasteiger charge is 2.33. The molecule has 0 atom stereocenters. The Hall–Kier alpha value is -3.93. The van der Waals surface area contributed by atoms with Crippen LogP contribution in [0.1, 0.15) is 16.7 Å². The first-order valence-corrected chi connectivity index (χ1v) is 9.45. The van der Waals surface area contributed by atoms with Crippen LogP contribution in [0.2, 0.25) is 0 Å². The number of urea groups is 1. The zero-order valence-electron chi connectivity index (χ0n) is 16.0. The van der Waals surface area contributed by atoms with Crippen molar-refractivity contribution in [3.8, 4) is 5.75 Å². The number of benzene rings is 3. The number of nitrogens with one attached hydrogen (secondary N) is 1. The fourth-order valence-electron chi connectivity index (χ4n) is 3.08. The highest BCUT2D eigenvalue weighted by Crippen LogP contribution is 2.20.